The van der Waals surface area contributed by atoms with Crippen molar-refractivity contribution in [2.75, 3.05) is 0 Å². The fourth-order valence-corrected chi connectivity index (χ4v) is 1.44. The highest BCUT2D eigenvalue weighted by atomic mass is 14.6. The summed E-state index contributed by atoms with van der Waals surface area (Å²) in [7, 11) is 0. The Kier molecular flexibility index (Phi) is 4.55. The standard InChI is InChI=1S/C12H19N/c1-11(13)7-5-6-10-12-8-3-2-4-9-12/h2-4,8-9,11H,5-7,10,13H2,1H3. The van der Waals surface area contributed by atoms with Crippen LogP contribution in [-0.4, -0.2) is 6.04 Å². The minimum atomic E-state index is 0.357. The van der Waals surface area contributed by atoms with Crippen LogP contribution in [-0.2, 0) is 6.42 Å². The minimum Gasteiger partial charge on any atom is -0.328 e. The SMILES string of the molecule is CC(N)CCCCc1ccccc1. The number of unbranched alkanes of at least 4 members (excludes halogenated alkanes) is 1. The van der Waals surface area contributed by atoms with Gasteiger partial charge in [0, 0.05) is 6.04 Å². The highest BCUT2D eigenvalue weighted by Gasteiger charge is 1.95. The normalized spacial score (nSPS) is 12.8. The summed E-state index contributed by atoms with van der Waals surface area (Å²) in [5, 5.41) is 0. The number of benzene rings is 1. The monoisotopic (exact) mass is 177 g/mol. The van der Waals surface area contributed by atoms with E-state index in [9.17, 15) is 0 Å². The van der Waals surface area contributed by atoms with E-state index in [-0.39, 0.29) is 0 Å². The van der Waals surface area contributed by atoms with E-state index < -0.39 is 0 Å². The molecule has 0 aliphatic rings. The summed E-state index contributed by atoms with van der Waals surface area (Å²) < 4.78 is 0. The van der Waals surface area contributed by atoms with Crippen molar-refractivity contribution < 1.29 is 0 Å². The van der Waals surface area contributed by atoms with Gasteiger partial charge in [-0.25, -0.2) is 0 Å². The average molecular weight is 177 g/mol. The first kappa shape index (κ1) is 10.3. The van der Waals surface area contributed by atoms with E-state index in [4.69, 9.17) is 5.73 Å². The van der Waals surface area contributed by atoms with Gasteiger partial charge in [0.15, 0.2) is 0 Å². The zero-order chi connectivity index (χ0) is 9.52. The maximum atomic E-state index is 5.67. The highest BCUT2D eigenvalue weighted by molar-refractivity contribution is 5.14. The molecule has 1 rings (SSSR count). The Bertz CT molecular complexity index is 216. The summed E-state index contributed by atoms with van der Waals surface area (Å²) in [4.78, 5) is 0. The van der Waals surface area contributed by atoms with Crippen LogP contribution in [0, 0.1) is 0 Å². The quantitative estimate of drug-likeness (QED) is 0.688. The molecular weight excluding hydrogens is 158 g/mol. The second-order valence-corrected chi connectivity index (χ2v) is 3.71. The van der Waals surface area contributed by atoms with Gasteiger partial charge in [-0.2, -0.15) is 0 Å². The Morgan fingerprint density at radius 3 is 2.46 bits per heavy atom. The van der Waals surface area contributed by atoms with Crippen molar-refractivity contribution >= 4 is 0 Å². The molecule has 1 nitrogen and oxygen atoms in total. The second kappa shape index (κ2) is 5.76. The summed E-state index contributed by atoms with van der Waals surface area (Å²) in [5.74, 6) is 0. The predicted molar refractivity (Wildman–Crippen MR) is 57.6 cm³/mol. The molecule has 0 radical (unpaired) electrons. The number of aryl methyl sites for hydroxylation is 1. The van der Waals surface area contributed by atoms with Crippen molar-refractivity contribution in [2.24, 2.45) is 5.73 Å². The van der Waals surface area contributed by atoms with E-state index >= 15 is 0 Å². The van der Waals surface area contributed by atoms with Crippen LogP contribution < -0.4 is 5.73 Å². The zero-order valence-electron chi connectivity index (χ0n) is 8.37. The van der Waals surface area contributed by atoms with Gasteiger partial charge in [-0.15, -0.1) is 0 Å². The average Bonchev–Trinajstić information content (AvgIpc) is 2.14. The molecule has 1 unspecified atom stereocenters. The summed E-state index contributed by atoms with van der Waals surface area (Å²) in [6.07, 6.45) is 4.83. The lowest BCUT2D eigenvalue weighted by Gasteiger charge is -2.04. The zero-order valence-corrected chi connectivity index (χ0v) is 8.37. The summed E-state index contributed by atoms with van der Waals surface area (Å²) >= 11 is 0. The number of hydrogen-bond donors (Lipinski definition) is 1. The molecule has 1 heteroatoms. The maximum absolute atomic E-state index is 5.67. The lowest BCUT2D eigenvalue weighted by Crippen LogP contribution is -2.14. The van der Waals surface area contributed by atoms with E-state index in [2.05, 4.69) is 37.3 Å². The Labute approximate surface area is 81.0 Å². The van der Waals surface area contributed by atoms with Crippen LogP contribution in [0.15, 0.2) is 30.3 Å². The van der Waals surface area contributed by atoms with E-state index in [0.29, 0.717) is 6.04 Å². The molecule has 0 amide bonds. The Hall–Kier alpha value is -0.820. The molecule has 0 bridgehead atoms. The topological polar surface area (TPSA) is 26.0 Å². The van der Waals surface area contributed by atoms with Gasteiger partial charge in [-0.3, -0.25) is 0 Å². The van der Waals surface area contributed by atoms with Crippen LogP contribution >= 0.6 is 0 Å². The molecule has 2 N–H and O–H groups in total. The highest BCUT2D eigenvalue weighted by Crippen LogP contribution is 2.06. The molecule has 1 aromatic rings. The molecule has 0 aliphatic heterocycles. The molecular formula is C12H19N. The minimum absolute atomic E-state index is 0.357. The first-order valence-electron chi connectivity index (χ1n) is 5.08. The summed E-state index contributed by atoms with van der Waals surface area (Å²) in [6.45, 7) is 2.07. The van der Waals surface area contributed by atoms with Gasteiger partial charge in [0.05, 0.1) is 0 Å². The van der Waals surface area contributed by atoms with Gasteiger partial charge < -0.3 is 5.73 Å². The Balaban J connectivity index is 2.13. The van der Waals surface area contributed by atoms with Gasteiger partial charge in [-0.1, -0.05) is 36.8 Å². The van der Waals surface area contributed by atoms with Crippen molar-refractivity contribution in [3.63, 3.8) is 0 Å². The third-order valence-corrected chi connectivity index (χ3v) is 2.22. The summed E-state index contributed by atoms with van der Waals surface area (Å²) in [6, 6.07) is 11.0. The maximum Gasteiger partial charge on any atom is 0.00104 e. The number of rotatable bonds is 5. The van der Waals surface area contributed by atoms with Crippen LogP contribution in [0.3, 0.4) is 0 Å². The molecule has 0 heterocycles. The van der Waals surface area contributed by atoms with Gasteiger partial charge in [0.25, 0.3) is 0 Å². The molecule has 72 valence electrons. The third-order valence-electron chi connectivity index (χ3n) is 2.22. The first-order chi connectivity index (χ1) is 6.29. The molecule has 1 atom stereocenters. The van der Waals surface area contributed by atoms with Crippen molar-refractivity contribution in [1.29, 1.82) is 0 Å². The van der Waals surface area contributed by atoms with Gasteiger partial charge in [-0.05, 0) is 31.7 Å². The number of hydrogen-bond acceptors (Lipinski definition) is 1. The molecule has 1 aromatic carbocycles. The van der Waals surface area contributed by atoms with Crippen LogP contribution in [0.2, 0.25) is 0 Å². The molecule has 0 saturated carbocycles. The van der Waals surface area contributed by atoms with Crippen LogP contribution in [0.1, 0.15) is 31.7 Å². The molecule has 0 fully saturated rings. The lowest BCUT2D eigenvalue weighted by molar-refractivity contribution is 0.597. The fraction of sp³-hybridized carbons (Fsp3) is 0.500. The third kappa shape index (κ3) is 4.69. The first-order valence-corrected chi connectivity index (χ1v) is 5.08. The van der Waals surface area contributed by atoms with Gasteiger partial charge in [0.1, 0.15) is 0 Å². The lowest BCUT2D eigenvalue weighted by atomic mass is 10.1. The fourth-order valence-electron chi connectivity index (χ4n) is 1.44. The second-order valence-electron chi connectivity index (χ2n) is 3.71. The van der Waals surface area contributed by atoms with Crippen molar-refractivity contribution in [2.45, 2.75) is 38.6 Å². The molecule has 0 spiro atoms. The largest absolute Gasteiger partial charge is 0.328 e. The van der Waals surface area contributed by atoms with Gasteiger partial charge >= 0.3 is 0 Å². The van der Waals surface area contributed by atoms with Crippen LogP contribution in [0.5, 0.6) is 0 Å². The summed E-state index contributed by atoms with van der Waals surface area (Å²) in [5.41, 5.74) is 7.11. The van der Waals surface area contributed by atoms with E-state index in [1.165, 1.54) is 24.8 Å². The van der Waals surface area contributed by atoms with Gasteiger partial charge in [0.2, 0.25) is 0 Å². The van der Waals surface area contributed by atoms with Crippen LogP contribution in [0.25, 0.3) is 0 Å². The molecule has 0 aromatic heterocycles. The predicted octanol–water partition coefficient (Wildman–Crippen LogP) is 2.75. The van der Waals surface area contributed by atoms with Crippen molar-refractivity contribution in [3.8, 4) is 0 Å². The Morgan fingerprint density at radius 1 is 1.15 bits per heavy atom. The smallest absolute Gasteiger partial charge is 0.00104 e. The van der Waals surface area contributed by atoms with E-state index in [0.717, 1.165) is 6.42 Å². The van der Waals surface area contributed by atoms with Crippen molar-refractivity contribution in [3.05, 3.63) is 35.9 Å². The molecule has 0 aliphatic carbocycles. The molecule has 13 heavy (non-hydrogen) atoms. The van der Waals surface area contributed by atoms with E-state index in [1.807, 2.05) is 0 Å². The number of nitrogens with two attached hydrogens (primary N) is 1. The van der Waals surface area contributed by atoms with Crippen molar-refractivity contribution in [1.82, 2.24) is 0 Å². The van der Waals surface area contributed by atoms with Crippen LogP contribution in [0.4, 0.5) is 0 Å². The molecule has 0 saturated heterocycles. The van der Waals surface area contributed by atoms with E-state index in [1.54, 1.807) is 0 Å². The Morgan fingerprint density at radius 2 is 1.85 bits per heavy atom.